The van der Waals surface area contributed by atoms with Gasteiger partial charge < -0.3 is 15.7 Å². The fourth-order valence-electron chi connectivity index (χ4n) is 3.71. The molecule has 3 N–H and O–H groups in total. The fraction of sp³-hybridized carbons (Fsp3) is 0.821. The first kappa shape index (κ1) is 35.7. The zero-order chi connectivity index (χ0) is 26.7. The molecule has 1 atom stereocenters. The van der Waals surface area contributed by atoms with Gasteiger partial charge in [0, 0.05) is 25.1 Å². The molecule has 0 spiro atoms. The van der Waals surface area contributed by atoms with Gasteiger partial charge in [0.15, 0.2) is 0 Å². The first-order chi connectivity index (χ1) is 16.8. The predicted octanol–water partition coefficient (Wildman–Crippen LogP) is 7.18. The van der Waals surface area contributed by atoms with Crippen molar-refractivity contribution in [2.24, 2.45) is 0 Å². The molecule has 0 fully saturated rings. The van der Waals surface area contributed by atoms with E-state index in [1.165, 1.54) is 70.6 Å². The predicted molar refractivity (Wildman–Crippen MR) is 151 cm³/mol. The lowest BCUT2D eigenvalue weighted by Crippen LogP contribution is -2.36. The van der Waals surface area contributed by atoms with Gasteiger partial charge in [0.1, 0.15) is 0 Å². The van der Waals surface area contributed by atoms with Gasteiger partial charge in [-0.3, -0.25) is 14.4 Å². The van der Waals surface area contributed by atoms with E-state index in [9.17, 15) is 14.4 Å². The lowest BCUT2D eigenvalue weighted by Gasteiger charge is -2.11. The number of carbonyl (C=O) groups is 3. The van der Waals surface area contributed by atoms with E-state index in [0.29, 0.717) is 19.3 Å². The van der Waals surface area contributed by atoms with Gasteiger partial charge in [-0.15, -0.1) is 12.6 Å². The third-order valence-corrected chi connectivity index (χ3v) is 6.21. The molecule has 0 aliphatic heterocycles. The minimum absolute atomic E-state index is 0.123. The summed E-state index contributed by atoms with van der Waals surface area (Å²) in [6.45, 7) is 10.4. The smallest absolute Gasteiger partial charge is 0.303 e. The number of hydrogen-bond acceptors (Lipinski definition) is 4. The summed E-state index contributed by atoms with van der Waals surface area (Å²) in [6, 6.07) is -0.539. The van der Waals surface area contributed by atoms with E-state index in [0.717, 1.165) is 37.9 Å². The lowest BCUT2D eigenvalue weighted by atomic mass is 10.0. The number of unbranched alkanes of at least 4 members (excludes halogenated alkanes) is 13. The van der Waals surface area contributed by atoms with Crippen LogP contribution in [0.4, 0.5) is 0 Å². The summed E-state index contributed by atoms with van der Waals surface area (Å²) in [5, 5.41) is 14.2. The molecule has 206 valence electrons. The first-order valence-electron chi connectivity index (χ1n) is 14.0. The number of hydrogen-bond donors (Lipinski definition) is 4. The Morgan fingerprint density at radius 3 is 1.51 bits per heavy atom. The van der Waals surface area contributed by atoms with Crippen LogP contribution in [-0.2, 0) is 14.4 Å². The molecule has 0 saturated carbocycles. The summed E-state index contributed by atoms with van der Waals surface area (Å²) < 4.78 is 0. The minimum atomic E-state index is -0.677. The van der Waals surface area contributed by atoms with Crippen LogP contribution in [-0.4, -0.2) is 34.7 Å². The number of allylic oxidation sites excluding steroid dienone is 1. The molecule has 0 aliphatic rings. The normalized spacial score (nSPS) is 11.2. The van der Waals surface area contributed by atoms with E-state index in [2.05, 4.69) is 29.8 Å². The molecule has 0 heterocycles. The number of aliphatic carboxylic acids is 1. The van der Waals surface area contributed by atoms with Crippen molar-refractivity contribution in [3.05, 3.63) is 12.3 Å². The molecule has 0 bridgehead atoms. The second-order valence-corrected chi connectivity index (χ2v) is 9.55. The number of carboxylic acid groups (broad SMARTS) is 1. The molecule has 0 aromatic carbocycles. The van der Waals surface area contributed by atoms with Crippen LogP contribution in [0.15, 0.2) is 12.3 Å². The Labute approximate surface area is 220 Å². The molecule has 0 radical (unpaired) electrons. The van der Waals surface area contributed by atoms with Crippen molar-refractivity contribution in [2.75, 3.05) is 6.54 Å². The third-order valence-electron chi connectivity index (χ3n) is 5.82. The molecule has 1 amide bonds. The number of amides is 1. The molecular formula is C28H54N2O4S. The summed E-state index contributed by atoms with van der Waals surface area (Å²) in [5.41, 5.74) is 1.04. The fourth-order valence-corrected chi connectivity index (χ4v) is 3.78. The molecule has 1 unspecified atom stereocenters. The summed E-state index contributed by atoms with van der Waals surface area (Å²) in [7, 11) is 0. The molecular weight excluding hydrogens is 460 g/mol. The standard InChI is InChI=1S/C26H48N2O4S.C2H6/c1-22(27-21-17-19-24(29)28-23(2)26(32)33)18-15-13-11-9-7-5-3-4-6-8-10-12-14-16-20-25(30)31;1-2/h23,27H,1,3-21H2,2H3,(H,28,29)(H,30,31)(H,32,33);1-2H3. The maximum atomic E-state index is 11.7. The van der Waals surface area contributed by atoms with Gasteiger partial charge in [0.25, 0.3) is 0 Å². The largest absolute Gasteiger partial charge is 0.481 e. The van der Waals surface area contributed by atoms with E-state index in [4.69, 9.17) is 5.11 Å². The number of carbonyl (C=O) groups excluding carboxylic acids is 2. The Balaban J connectivity index is 0. The molecule has 0 aromatic heterocycles. The second kappa shape index (κ2) is 27.1. The van der Waals surface area contributed by atoms with Crippen LogP contribution < -0.4 is 10.6 Å². The number of thiol groups is 1. The van der Waals surface area contributed by atoms with Gasteiger partial charge in [-0.05, 0) is 32.6 Å². The van der Waals surface area contributed by atoms with Crippen molar-refractivity contribution in [1.82, 2.24) is 10.6 Å². The van der Waals surface area contributed by atoms with E-state index in [1.54, 1.807) is 6.92 Å². The molecule has 0 saturated heterocycles. The van der Waals surface area contributed by atoms with Crippen LogP contribution >= 0.6 is 12.6 Å². The Kier molecular flexibility index (Phi) is 27.6. The Morgan fingerprint density at radius 2 is 1.11 bits per heavy atom. The molecule has 6 nitrogen and oxygen atoms in total. The number of rotatable bonds is 24. The number of carboxylic acids is 1. The highest BCUT2D eigenvalue weighted by Crippen LogP contribution is 2.14. The van der Waals surface area contributed by atoms with Crippen molar-refractivity contribution in [1.29, 1.82) is 0 Å². The van der Waals surface area contributed by atoms with Crippen LogP contribution in [0.1, 0.15) is 136 Å². The van der Waals surface area contributed by atoms with Gasteiger partial charge in [0.2, 0.25) is 11.0 Å². The Morgan fingerprint density at radius 1 is 0.714 bits per heavy atom. The monoisotopic (exact) mass is 514 g/mol. The summed E-state index contributed by atoms with van der Waals surface area (Å²) in [4.78, 5) is 33.1. The highest BCUT2D eigenvalue weighted by Gasteiger charge is 2.11. The quantitative estimate of drug-likeness (QED) is 0.0808. The van der Waals surface area contributed by atoms with Gasteiger partial charge in [0.05, 0.1) is 6.04 Å². The van der Waals surface area contributed by atoms with Crippen molar-refractivity contribution in [3.63, 3.8) is 0 Å². The van der Waals surface area contributed by atoms with Crippen molar-refractivity contribution in [3.8, 4) is 0 Å². The highest BCUT2D eigenvalue weighted by atomic mass is 32.1. The van der Waals surface area contributed by atoms with Crippen molar-refractivity contribution < 1.29 is 19.5 Å². The topological polar surface area (TPSA) is 95.5 Å². The van der Waals surface area contributed by atoms with Crippen LogP contribution in [0.2, 0.25) is 0 Å². The van der Waals surface area contributed by atoms with Crippen LogP contribution in [0.5, 0.6) is 0 Å². The maximum absolute atomic E-state index is 11.7. The molecule has 0 aromatic rings. The summed E-state index contributed by atoms with van der Waals surface area (Å²) in [6.07, 6.45) is 19.6. The average Bonchev–Trinajstić information content (AvgIpc) is 2.82. The SMILES string of the molecule is C=C(CCCCCCCCCCCCCCCCC(=O)O)NCCCC(=O)NC(C)C(=O)S.CC. The molecule has 7 heteroatoms. The Bertz CT molecular complexity index is 555. The van der Waals surface area contributed by atoms with Crippen molar-refractivity contribution in [2.45, 2.75) is 142 Å². The third kappa shape index (κ3) is 28.6. The summed E-state index contributed by atoms with van der Waals surface area (Å²) in [5.74, 6) is -0.800. The van der Waals surface area contributed by atoms with Gasteiger partial charge in [-0.2, -0.15) is 0 Å². The zero-order valence-corrected chi connectivity index (χ0v) is 23.7. The highest BCUT2D eigenvalue weighted by molar-refractivity contribution is 7.96. The second-order valence-electron chi connectivity index (χ2n) is 9.10. The minimum Gasteiger partial charge on any atom is -0.481 e. The van der Waals surface area contributed by atoms with Crippen LogP contribution in [0.25, 0.3) is 0 Å². The average molecular weight is 515 g/mol. The zero-order valence-electron chi connectivity index (χ0n) is 22.8. The van der Waals surface area contributed by atoms with Gasteiger partial charge >= 0.3 is 5.97 Å². The van der Waals surface area contributed by atoms with E-state index < -0.39 is 12.0 Å². The number of nitrogens with one attached hydrogen (secondary N) is 2. The van der Waals surface area contributed by atoms with Crippen LogP contribution in [0.3, 0.4) is 0 Å². The molecule has 0 rings (SSSR count). The van der Waals surface area contributed by atoms with Gasteiger partial charge in [-0.25, -0.2) is 0 Å². The van der Waals surface area contributed by atoms with E-state index in [-0.39, 0.29) is 11.0 Å². The first-order valence-corrected chi connectivity index (χ1v) is 14.4. The van der Waals surface area contributed by atoms with E-state index >= 15 is 0 Å². The Hall–Kier alpha value is -1.50. The molecule has 35 heavy (non-hydrogen) atoms. The summed E-state index contributed by atoms with van der Waals surface area (Å²) >= 11 is 3.71. The van der Waals surface area contributed by atoms with Crippen molar-refractivity contribution >= 4 is 29.6 Å². The molecule has 0 aliphatic carbocycles. The van der Waals surface area contributed by atoms with Gasteiger partial charge in [-0.1, -0.05) is 97.5 Å². The van der Waals surface area contributed by atoms with Crippen LogP contribution in [0, 0.1) is 0 Å². The van der Waals surface area contributed by atoms with E-state index in [1.807, 2.05) is 13.8 Å². The lowest BCUT2D eigenvalue weighted by molar-refractivity contribution is -0.137. The maximum Gasteiger partial charge on any atom is 0.303 e.